The van der Waals surface area contributed by atoms with Crippen LogP contribution in [0.25, 0.3) is 0 Å². The van der Waals surface area contributed by atoms with Crippen molar-refractivity contribution in [2.75, 3.05) is 13.2 Å². The van der Waals surface area contributed by atoms with Gasteiger partial charge in [0.25, 0.3) is 0 Å². The number of unbranched alkanes of at least 4 members (excludes halogenated alkanes) is 25. The molecule has 0 amide bonds. The molecule has 0 aromatic carbocycles. The highest BCUT2D eigenvalue weighted by Crippen LogP contribution is 2.16. The van der Waals surface area contributed by atoms with E-state index in [-0.39, 0.29) is 37.5 Å². The summed E-state index contributed by atoms with van der Waals surface area (Å²) in [5.41, 5.74) is 0. The lowest BCUT2D eigenvalue weighted by atomic mass is 10.0. The van der Waals surface area contributed by atoms with E-state index >= 15 is 0 Å². The zero-order valence-electron chi connectivity index (χ0n) is 51.3. The first-order chi connectivity index (χ1) is 39.0. The average molecular weight is 1090 g/mol. The molecule has 0 spiro atoms. The van der Waals surface area contributed by atoms with Gasteiger partial charge in [-0.1, -0.05) is 270 Å². The summed E-state index contributed by atoms with van der Waals surface area (Å²) in [6.45, 7) is 6.37. The van der Waals surface area contributed by atoms with Crippen molar-refractivity contribution < 1.29 is 28.6 Å². The molecule has 0 bridgehead atoms. The van der Waals surface area contributed by atoms with Crippen molar-refractivity contribution in [3.63, 3.8) is 0 Å². The Balaban J connectivity index is 4.37. The zero-order chi connectivity index (χ0) is 57.1. The van der Waals surface area contributed by atoms with Gasteiger partial charge in [0.05, 0.1) is 0 Å². The van der Waals surface area contributed by atoms with Crippen molar-refractivity contribution in [2.24, 2.45) is 0 Å². The molecule has 0 fully saturated rings. The van der Waals surface area contributed by atoms with E-state index in [1.54, 1.807) is 0 Å². The van der Waals surface area contributed by atoms with Crippen molar-refractivity contribution in [3.8, 4) is 0 Å². The molecule has 0 aliphatic rings. The van der Waals surface area contributed by atoms with Crippen LogP contribution in [-0.2, 0) is 28.6 Å². The third-order valence-corrected chi connectivity index (χ3v) is 13.6. The SMILES string of the molecule is CC/C=C\C/C=C\C/C=C\C/C=C\C/C=C\C/C=C\CCCCC(=O)OC(COC(=O)CCCCCCC/C=C\CCCCCC)COC(=O)CCCCCCCCCCCCCCCC/C=C\C/C=C\C/C=C\C/C=C\CC. The summed E-state index contributed by atoms with van der Waals surface area (Å²) >= 11 is 0. The summed E-state index contributed by atoms with van der Waals surface area (Å²) in [6.07, 6.45) is 93.2. The molecule has 0 aliphatic heterocycles. The van der Waals surface area contributed by atoms with E-state index in [1.807, 2.05) is 0 Å². The van der Waals surface area contributed by atoms with Crippen LogP contribution in [0.3, 0.4) is 0 Å². The second-order valence-electron chi connectivity index (χ2n) is 21.3. The van der Waals surface area contributed by atoms with Crippen LogP contribution in [0.15, 0.2) is 134 Å². The minimum absolute atomic E-state index is 0.101. The van der Waals surface area contributed by atoms with Crippen LogP contribution >= 0.6 is 0 Å². The van der Waals surface area contributed by atoms with Crippen molar-refractivity contribution in [3.05, 3.63) is 134 Å². The minimum Gasteiger partial charge on any atom is -0.462 e. The largest absolute Gasteiger partial charge is 0.462 e. The maximum Gasteiger partial charge on any atom is 0.306 e. The molecule has 0 aromatic heterocycles. The smallest absolute Gasteiger partial charge is 0.306 e. The fraction of sp³-hybridized carbons (Fsp3) is 0.658. The van der Waals surface area contributed by atoms with Crippen LogP contribution < -0.4 is 0 Å². The lowest BCUT2D eigenvalue weighted by Crippen LogP contribution is -2.30. The molecule has 0 saturated heterocycles. The number of hydrogen-bond acceptors (Lipinski definition) is 6. The first-order valence-electron chi connectivity index (χ1n) is 32.7. The molecule has 0 saturated carbocycles. The standard InChI is InChI=1S/C73H120O6/c1-4-7-10-13-16-19-22-25-27-29-31-33-34-35-36-37-38-40-41-43-45-48-51-54-57-60-63-66-72(75)78-69-70(68-77-71(74)65-62-59-56-53-50-47-24-21-18-15-12-9-6-3)79-73(76)67-64-61-58-55-52-49-46-44-42-39-32-30-28-26-23-20-17-14-11-8-5-2/h7-8,10-11,16-17,19-21,24-28,31-33,39,44,46,52,55,70H,4-6,9,12-15,18,22-23,29-30,34-38,40-43,45,47-51,53-54,56-69H2,1-3H3/b10-7-,11-8-,19-16-,20-17-,24-21-,27-25-,28-26-,33-31-,39-32-,46-44-,55-52-. The fourth-order valence-corrected chi connectivity index (χ4v) is 8.79. The third-order valence-electron chi connectivity index (χ3n) is 13.6. The van der Waals surface area contributed by atoms with E-state index in [4.69, 9.17) is 14.2 Å². The molecular weight excluding hydrogens is 973 g/mol. The summed E-state index contributed by atoms with van der Waals surface area (Å²) in [4.78, 5) is 38.3. The van der Waals surface area contributed by atoms with Crippen LogP contribution in [0.2, 0.25) is 0 Å². The molecule has 0 radical (unpaired) electrons. The second-order valence-corrected chi connectivity index (χ2v) is 21.3. The van der Waals surface area contributed by atoms with Gasteiger partial charge < -0.3 is 14.2 Å². The van der Waals surface area contributed by atoms with E-state index in [1.165, 1.54) is 116 Å². The van der Waals surface area contributed by atoms with Crippen molar-refractivity contribution in [2.45, 2.75) is 297 Å². The quantitative estimate of drug-likeness (QED) is 0.0261. The Hall–Kier alpha value is -4.45. The Bertz CT molecular complexity index is 1680. The Morgan fingerprint density at radius 2 is 0.494 bits per heavy atom. The second kappa shape index (κ2) is 66.1. The van der Waals surface area contributed by atoms with Crippen molar-refractivity contribution in [1.82, 2.24) is 0 Å². The van der Waals surface area contributed by atoms with Crippen LogP contribution in [0.5, 0.6) is 0 Å². The summed E-state index contributed by atoms with van der Waals surface area (Å²) in [5, 5.41) is 0. The molecule has 6 heteroatoms. The number of allylic oxidation sites excluding steroid dienone is 22. The maximum absolute atomic E-state index is 12.9. The van der Waals surface area contributed by atoms with Crippen LogP contribution in [0, 0.1) is 0 Å². The Labute approximate surface area is 487 Å². The molecule has 1 atom stereocenters. The zero-order valence-corrected chi connectivity index (χ0v) is 51.3. The van der Waals surface area contributed by atoms with Gasteiger partial charge in [-0.3, -0.25) is 14.4 Å². The molecule has 0 rings (SSSR count). The number of rotatable bonds is 58. The molecule has 6 nitrogen and oxygen atoms in total. The minimum atomic E-state index is -0.810. The first-order valence-corrected chi connectivity index (χ1v) is 32.7. The van der Waals surface area contributed by atoms with Gasteiger partial charge in [0, 0.05) is 19.3 Å². The Morgan fingerprint density at radius 1 is 0.266 bits per heavy atom. The third kappa shape index (κ3) is 64.3. The topological polar surface area (TPSA) is 78.9 Å². The van der Waals surface area contributed by atoms with Crippen LogP contribution in [-0.4, -0.2) is 37.2 Å². The lowest BCUT2D eigenvalue weighted by molar-refractivity contribution is -0.167. The van der Waals surface area contributed by atoms with E-state index < -0.39 is 6.10 Å². The molecule has 79 heavy (non-hydrogen) atoms. The molecule has 0 heterocycles. The summed E-state index contributed by atoms with van der Waals surface area (Å²) in [5.74, 6) is -0.951. The van der Waals surface area contributed by atoms with E-state index in [0.717, 1.165) is 128 Å². The number of carbonyl (C=O) groups excluding carboxylic acids is 3. The normalized spacial score (nSPS) is 13.0. The van der Waals surface area contributed by atoms with Gasteiger partial charge >= 0.3 is 17.9 Å². The van der Waals surface area contributed by atoms with Crippen molar-refractivity contribution >= 4 is 17.9 Å². The van der Waals surface area contributed by atoms with E-state index in [0.29, 0.717) is 19.3 Å². The van der Waals surface area contributed by atoms with Crippen LogP contribution in [0.4, 0.5) is 0 Å². The summed E-state index contributed by atoms with van der Waals surface area (Å²) in [7, 11) is 0. The molecule has 1 unspecified atom stereocenters. The fourth-order valence-electron chi connectivity index (χ4n) is 8.79. The molecule has 0 aromatic rings. The highest BCUT2D eigenvalue weighted by Gasteiger charge is 2.19. The van der Waals surface area contributed by atoms with E-state index in [9.17, 15) is 14.4 Å². The number of esters is 3. The Morgan fingerprint density at radius 3 is 0.810 bits per heavy atom. The first kappa shape index (κ1) is 74.5. The van der Waals surface area contributed by atoms with Crippen molar-refractivity contribution in [1.29, 1.82) is 0 Å². The van der Waals surface area contributed by atoms with Gasteiger partial charge in [0.15, 0.2) is 6.10 Å². The highest BCUT2D eigenvalue weighted by molar-refractivity contribution is 5.71. The van der Waals surface area contributed by atoms with Crippen LogP contribution in [0.1, 0.15) is 290 Å². The molecule has 448 valence electrons. The number of carbonyl (C=O) groups is 3. The van der Waals surface area contributed by atoms with Gasteiger partial charge in [-0.2, -0.15) is 0 Å². The van der Waals surface area contributed by atoms with E-state index in [2.05, 4.69) is 154 Å². The maximum atomic E-state index is 12.9. The van der Waals surface area contributed by atoms with Gasteiger partial charge in [-0.05, 0) is 135 Å². The average Bonchev–Trinajstić information content (AvgIpc) is 3.45. The predicted octanol–water partition coefficient (Wildman–Crippen LogP) is 22.5. The monoisotopic (exact) mass is 1090 g/mol. The number of ether oxygens (including phenoxy) is 3. The summed E-state index contributed by atoms with van der Waals surface area (Å²) in [6, 6.07) is 0. The van der Waals surface area contributed by atoms with Gasteiger partial charge in [-0.25, -0.2) is 0 Å². The lowest BCUT2D eigenvalue weighted by Gasteiger charge is -2.18. The van der Waals surface area contributed by atoms with Gasteiger partial charge in [0.2, 0.25) is 0 Å². The van der Waals surface area contributed by atoms with Gasteiger partial charge in [0.1, 0.15) is 13.2 Å². The number of hydrogen-bond donors (Lipinski definition) is 0. The molecular formula is C73H120O6. The molecule has 0 N–H and O–H groups in total. The summed E-state index contributed by atoms with van der Waals surface area (Å²) < 4.78 is 16.9. The molecule has 0 aliphatic carbocycles. The highest BCUT2D eigenvalue weighted by atomic mass is 16.6. The Kier molecular flexibility index (Phi) is 62.3. The predicted molar refractivity (Wildman–Crippen MR) is 343 cm³/mol. The van der Waals surface area contributed by atoms with Gasteiger partial charge in [-0.15, -0.1) is 0 Å².